The summed E-state index contributed by atoms with van der Waals surface area (Å²) in [5.74, 6) is -4.54. The molecular formula is C40H46Br2N8O8. The summed E-state index contributed by atoms with van der Waals surface area (Å²) in [6, 6.07) is 21.9. The minimum atomic E-state index is -0.896. The zero-order valence-electron chi connectivity index (χ0n) is 31.2. The van der Waals surface area contributed by atoms with E-state index in [1.165, 1.54) is 0 Å². The summed E-state index contributed by atoms with van der Waals surface area (Å²) in [6.45, 7) is 0.605. The summed E-state index contributed by atoms with van der Waals surface area (Å²) in [6.07, 6.45) is 0.481. The minimum absolute atomic E-state index is 0. The number of ketones is 2. The number of nitrogens with two attached hydrogens (primary N) is 2. The van der Waals surface area contributed by atoms with Crippen LogP contribution in [0.15, 0.2) is 84.9 Å². The first kappa shape index (κ1) is 46.6. The van der Waals surface area contributed by atoms with Crippen LogP contribution >= 0.6 is 34.0 Å². The van der Waals surface area contributed by atoms with Gasteiger partial charge in [0.1, 0.15) is 23.6 Å². The van der Waals surface area contributed by atoms with Crippen molar-refractivity contribution in [1.82, 2.24) is 21.3 Å². The third-order valence-corrected chi connectivity index (χ3v) is 9.00. The molecule has 0 saturated carbocycles. The number of aromatic hydroxyl groups is 2. The summed E-state index contributed by atoms with van der Waals surface area (Å²) in [5.41, 5.74) is 12.5. The molecule has 0 fully saturated rings. The number of fused-ring (bicyclic) bond motifs is 2. The predicted octanol–water partition coefficient (Wildman–Crippen LogP) is 1.46. The van der Waals surface area contributed by atoms with Gasteiger partial charge in [-0.2, -0.15) is 0 Å². The molecule has 1 aliphatic carbocycles. The van der Waals surface area contributed by atoms with Crippen molar-refractivity contribution in [3.63, 3.8) is 0 Å². The third kappa shape index (κ3) is 12.1. The van der Waals surface area contributed by atoms with Crippen molar-refractivity contribution >= 4 is 80.5 Å². The van der Waals surface area contributed by atoms with Crippen molar-refractivity contribution < 1.29 is 39.0 Å². The fourth-order valence-corrected chi connectivity index (χ4v) is 6.27. The Labute approximate surface area is 355 Å². The van der Waals surface area contributed by atoms with Crippen LogP contribution in [0.3, 0.4) is 0 Å². The Morgan fingerprint density at radius 3 is 1.22 bits per heavy atom. The van der Waals surface area contributed by atoms with Crippen LogP contribution in [0, 0.1) is 0 Å². The number of amides is 4. The van der Waals surface area contributed by atoms with Gasteiger partial charge in [0.25, 0.3) is 0 Å². The number of rotatable bonds is 20. The maximum Gasteiger partial charge on any atom is 0.240 e. The topological polar surface area (TPSA) is 267 Å². The van der Waals surface area contributed by atoms with E-state index in [1.807, 2.05) is 60.7 Å². The van der Waals surface area contributed by atoms with Crippen LogP contribution < -0.4 is 43.4 Å². The van der Waals surface area contributed by atoms with E-state index in [2.05, 4.69) is 31.9 Å². The van der Waals surface area contributed by atoms with Crippen LogP contribution in [0.1, 0.15) is 43.0 Å². The first-order chi connectivity index (χ1) is 26.9. The fourth-order valence-electron chi connectivity index (χ4n) is 6.27. The van der Waals surface area contributed by atoms with Crippen molar-refractivity contribution in [1.29, 1.82) is 0 Å². The van der Waals surface area contributed by atoms with Crippen molar-refractivity contribution in [2.24, 2.45) is 11.5 Å². The summed E-state index contributed by atoms with van der Waals surface area (Å²) in [4.78, 5) is 76.8. The largest absolute Gasteiger partial charge is 0.507 e. The van der Waals surface area contributed by atoms with Gasteiger partial charge in [-0.3, -0.25) is 28.8 Å². The molecule has 308 valence electrons. The van der Waals surface area contributed by atoms with E-state index in [9.17, 15) is 39.0 Å². The molecule has 4 amide bonds. The summed E-state index contributed by atoms with van der Waals surface area (Å²) < 4.78 is 0. The minimum Gasteiger partial charge on any atom is -0.507 e. The van der Waals surface area contributed by atoms with Gasteiger partial charge in [-0.05, 0) is 35.4 Å². The molecule has 0 aromatic heterocycles. The standard InChI is InChI=1S/C40H44N8O8.2BrH/c41-39(55)27(19-23-7-3-1-4-8-23)47-31(51)21-43-15-17-45-25-11-12-26(34-33(25)37(53)35-29(49)13-14-30(50)36(35)38(34)54)46-18-16-44-22-32(52)48-28(40(42)56)20-24-9-5-2-6-10-24;;/h1-14,27-28,43-46,49-50H,15-22H2,(H2,41,55)(H2,42,56)(H,47,51)(H,48,52);2*1H/t27-,28-;;/m0../s1. The van der Waals surface area contributed by atoms with E-state index in [0.717, 1.165) is 23.3 Å². The number of halogens is 2. The number of hydrogen-bond donors (Lipinski definition) is 10. The highest BCUT2D eigenvalue weighted by atomic mass is 79.9. The number of anilines is 2. The Morgan fingerprint density at radius 2 is 0.879 bits per heavy atom. The van der Waals surface area contributed by atoms with Gasteiger partial charge in [0.15, 0.2) is 0 Å². The van der Waals surface area contributed by atoms with Crippen LogP contribution in [0.5, 0.6) is 11.5 Å². The van der Waals surface area contributed by atoms with E-state index in [4.69, 9.17) is 11.5 Å². The molecule has 0 saturated heterocycles. The molecule has 2 atom stereocenters. The maximum absolute atomic E-state index is 13.9. The number of primary amides is 2. The summed E-state index contributed by atoms with van der Waals surface area (Å²) in [7, 11) is 0. The second-order valence-corrected chi connectivity index (χ2v) is 13.1. The number of hydrogen-bond acceptors (Lipinski definition) is 12. The van der Waals surface area contributed by atoms with Gasteiger partial charge in [-0.15, -0.1) is 34.0 Å². The molecule has 0 radical (unpaired) electrons. The van der Waals surface area contributed by atoms with E-state index < -0.39 is 58.8 Å². The lowest BCUT2D eigenvalue weighted by atomic mass is 9.81. The highest BCUT2D eigenvalue weighted by molar-refractivity contribution is 8.93. The first-order valence-electron chi connectivity index (χ1n) is 17.9. The second-order valence-electron chi connectivity index (χ2n) is 13.1. The van der Waals surface area contributed by atoms with Gasteiger partial charge < -0.3 is 53.6 Å². The molecule has 4 aromatic carbocycles. The molecule has 12 N–H and O–H groups in total. The molecule has 1 aliphatic rings. The molecule has 58 heavy (non-hydrogen) atoms. The van der Waals surface area contributed by atoms with Crippen molar-refractivity contribution in [3.8, 4) is 11.5 Å². The lowest BCUT2D eigenvalue weighted by Gasteiger charge is -2.25. The van der Waals surface area contributed by atoms with Crippen LogP contribution in [0.4, 0.5) is 11.4 Å². The predicted molar refractivity (Wildman–Crippen MR) is 229 cm³/mol. The monoisotopic (exact) mass is 924 g/mol. The molecule has 0 spiro atoms. The van der Waals surface area contributed by atoms with E-state index in [-0.39, 0.29) is 120 Å². The molecular weight excluding hydrogens is 880 g/mol. The third-order valence-electron chi connectivity index (χ3n) is 9.00. The SMILES string of the molecule is Br.Br.NC(=O)[C@H](Cc1ccccc1)NC(=O)CNCCNc1ccc(NCCNCC(=O)N[C@@H](Cc2ccccc2)C(N)=O)c2c1C(=O)c1c(O)ccc(O)c1C2=O. The lowest BCUT2D eigenvalue weighted by molar-refractivity contribution is -0.126. The Hall–Kier alpha value is -5.82. The zero-order chi connectivity index (χ0) is 40.2. The van der Waals surface area contributed by atoms with Crippen LogP contribution in [-0.2, 0) is 32.0 Å². The Bertz CT molecular complexity index is 1960. The molecule has 16 nitrogen and oxygen atoms in total. The Kier molecular flexibility index (Phi) is 17.8. The maximum atomic E-state index is 13.9. The smallest absolute Gasteiger partial charge is 0.240 e. The lowest BCUT2D eigenvalue weighted by Crippen LogP contribution is -2.48. The van der Waals surface area contributed by atoms with Crippen molar-refractivity contribution in [2.75, 3.05) is 49.9 Å². The van der Waals surface area contributed by atoms with Crippen LogP contribution in [0.2, 0.25) is 0 Å². The molecule has 4 aromatic rings. The van der Waals surface area contributed by atoms with Gasteiger partial charge in [-0.25, -0.2) is 0 Å². The molecule has 0 aliphatic heterocycles. The van der Waals surface area contributed by atoms with Crippen molar-refractivity contribution in [3.05, 3.63) is 118 Å². The number of carbonyl (C=O) groups is 6. The fraction of sp³-hybridized carbons (Fsp3) is 0.250. The average molecular weight is 927 g/mol. The van der Waals surface area contributed by atoms with E-state index >= 15 is 0 Å². The van der Waals surface area contributed by atoms with Crippen LogP contribution in [-0.4, -0.2) is 96.8 Å². The highest BCUT2D eigenvalue weighted by Crippen LogP contribution is 2.42. The number of benzene rings is 4. The Morgan fingerprint density at radius 1 is 0.517 bits per heavy atom. The quantitative estimate of drug-likeness (QED) is 0.0393. The zero-order valence-corrected chi connectivity index (χ0v) is 34.6. The van der Waals surface area contributed by atoms with Gasteiger partial charge >= 0.3 is 0 Å². The molecule has 0 bridgehead atoms. The van der Waals surface area contributed by atoms with Gasteiger partial charge in [0, 0.05) is 50.4 Å². The molecule has 0 unspecified atom stereocenters. The van der Waals surface area contributed by atoms with Gasteiger partial charge in [-0.1, -0.05) is 60.7 Å². The molecule has 0 heterocycles. The summed E-state index contributed by atoms with van der Waals surface area (Å²) in [5, 5.41) is 38.5. The average Bonchev–Trinajstić information content (AvgIpc) is 3.17. The normalized spacial score (nSPS) is 12.3. The van der Waals surface area contributed by atoms with E-state index in [1.54, 1.807) is 12.1 Å². The van der Waals surface area contributed by atoms with Crippen LogP contribution in [0.25, 0.3) is 0 Å². The number of nitrogens with one attached hydrogen (secondary N) is 6. The molecule has 5 rings (SSSR count). The van der Waals surface area contributed by atoms with Gasteiger partial charge in [0.2, 0.25) is 35.2 Å². The molecule has 18 heteroatoms. The second kappa shape index (κ2) is 22.2. The summed E-state index contributed by atoms with van der Waals surface area (Å²) >= 11 is 0. The number of carbonyl (C=O) groups excluding carboxylic acids is 6. The van der Waals surface area contributed by atoms with Crippen molar-refractivity contribution in [2.45, 2.75) is 24.9 Å². The number of phenolic OH excluding ortho intramolecular Hbond substituents is 2. The van der Waals surface area contributed by atoms with E-state index in [0.29, 0.717) is 0 Å². The number of phenols is 2. The van der Waals surface area contributed by atoms with Gasteiger partial charge in [0.05, 0.1) is 35.3 Å². The highest BCUT2D eigenvalue weighted by Gasteiger charge is 2.38. The Balaban J connectivity index is 0.00000450. The first-order valence-corrected chi connectivity index (χ1v) is 17.9.